The van der Waals surface area contributed by atoms with E-state index in [0.717, 1.165) is 43.4 Å². The zero-order valence-electron chi connectivity index (χ0n) is 14.5. The monoisotopic (exact) mass is 332 g/mol. The van der Waals surface area contributed by atoms with Gasteiger partial charge in [-0.15, -0.1) is 0 Å². The maximum absolute atomic E-state index is 13.2. The lowest BCUT2D eigenvalue weighted by Gasteiger charge is -2.28. The highest BCUT2D eigenvalue weighted by Gasteiger charge is 2.36. The Balaban J connectivity index is 1.65. The van der Waals surface area contributed by atoms with Crippen LogP contribution < -0.4 is 0 Å². The van der Waals surface area contributed by atoms with Gasteiger partial charge in [0.15, 0.2) is 0 Å². The summed E-state index contributed by atoms with van der Waals surface area (Å²) in [7, 11) is 0. The van der Waals surface area contributed by atoms with Gasteiger partial charge in [-0.3, -0.25) is 4.79 Å². The van der Waals surface area contributed by atoms with Crippen molar-refractivity contribution in [3.63, 3.8) is 0 Å². The van der Waals surface area contributed by atoms with Crippen LogP contribution >= 0.6 is 0 Å². The molecule has 4 rings (SSSR count). The largest absolute Gasteiger partial charge is 0.273 e. The van der Waals surface area contributed by atoms with Crippen LogP contribution in [-0.4, -0.2) is 16.6 Å². The van der Waals surface area contributed by atoms with E-state index in [1.807, 2.05) is 36.4 Å². The Morgan fingerprint density at radius 1 is 0.880 bits per heavy atom. The van der Waals surface area contributed by atoms with Crippen LogP contribution in [0.5, 0.6) is 0 Å². The predicted molar refractivity (Wildman–Crippen MR) is 100 cm³/mol. The molecule has 0 bridgehead atoms. The molecule has 0 radical (unpaired) electrons. The molecule has 1 aliphatic heterocycles. The Morgan fingerprint density at radius 3 is 2.20 bits per heavy atom. The van der Waals surface area contributed by atoms with Crippen LogP contribution in [0.4, 0.5) is 0 Å². The van der Waals surface area contributed by atoms with E-state index in [2.05, 4.69) is 24.3 Å². The number of carbonyl (C=O) groups is 1. The third kappa shape index (κ3) is 3.37. The van der Waals surface area contributed by atoms with Crippen molar-refractivity contribution in [2.24, 2.45) is 11.0 Å². The van der Waals surface area contributed by atoms with Crippen molar-refractivity contribution >= 4 is 11.6 Å². The van der Waals surface area contributed by atoms with Crippen molar-refractivity contribution in [2.75, 3.05) is 0 Å². The molecular formula is C22H24N2O. The van der Waals surface area contributed by atoms with Gasteiger partial charge in [0.05, 0.1) is 11.8 Å². The average molecular weight is 332 g/mol. The van der Waals surface area contributed by atoms with Gasteiger partial charge in [-0.2, -0.15) is 5.10 Å². The molecule has 2 aliphatic rings. The summed E-state index contributed by atoms with van der Waals surface area (Å²) in [6, 6.07) is 20.6. The zero-order valence-corrected chi connectivity index (χ0v) is 14.5. The summed E-state index contributed by atoms with van der Waals surface area (Å²) in [5.74, 6) is 0.346. The number of rotatable bonds is 3. The fraction of sp³-hybridized carbons (Fsp3) is 0.364. The average Bonchev–Trinajstić information content (AvgIpc) is 3.15. The van der Waals surface area contributed by atoms with Gasteiger partial charge < -0.3 is 0 Å². The maximum atomic E-state index is 13.2. The standard InChI is InChI=1S/C22H24N2O/c25-22(19-14-8-3-9-15-19)24-21(18-12-6-2-7-13-18)16-20(23-24)17-10-4-1-5-11-17/h1-2,4-7,10-13,19,21H,3,8-9,14-16H2/t21-/m0/s1. The van der Waals surface area contributed by atoms with Gasteiger partial charge in [0.1, 0.15) is 0 Å². The lowest BCUT2D eigenvalue weighted by Crippen LogP contribution is -2.33. The summed E-state index contributed by atoms with van der Waals surface area (Å²) < 4.78 is 0. The topological polar surface area (TPSA) is 32.7 Å². The van der Waals surface area contributed by atoms with Crippen LogP contribution in [0.25, 0.3) is 0 Å². The minimum absolute atomic E-state index is 0.0193. The summed E-state index contributed by atoms with van der Waals surface area (Å²) in [6.45, 7) is 0. The van der Waals surface area contributed by atoms with E-state index < -0.39 is 0 Å². The van der Waals surface area contributed by atoms with Gasteiger partial charge in [0, 0.05) is 12.3 Å². The first-order valence-corrected chi connectivity index (χ1v) is 9.34. The Bertz CT molecular complexity index is 748. The minimum Gasteiger partial charge on any atom is -0.273 e. The maximum Gasteiger partial charge on any atom is 0.246 e. The summed E-state index contributed by atoms with van der Waals surface area (Å²) in [4.78, 5) is 13.2. The highest BCUT2D eigenvalue weighted by atomic mass is 16.2. The molecule has 2 aromatic carbocycles. The summed E-state index contributed by atoms with van der Waals surface area (Å²) >= 11 is 0. The van der Waals surface area contributed by atoms with Crippen LogP contribution in [-0.2, 0) is 4.79 Å². The van der Waals surface area contributed by atoms with Crippen molar-refractivity contribution in [1.29, 1.82) is 0 Å². The molecule has 1 amide bonds. The molecule has 1 saturated carbocycles. The number of hydrogen-bond acceptors (Lipinski definition) is 2. The Morgan fingerprint density at radius 2 is 1.52 bits per heavy atom. The van der Waals surface area contributed by atoms with Gasteiger partial charge in [0.2, 0.25) is 5.91 Å². The van der Waals surface area contributed by atoms with Crippen LogP contribution in [0, 0.1) is 5.92 Å². The summed E-state index contributed by atoms with van der Waals surface area (Å²) in [5, 5.41) is 6.58. The molecule has 128 valence electrons. The summed E-state index contributed by atoms with van der Waals surface area (Å²) in [6.07, 6.45) is 6.38. The SMILES string of the molecule is O=C(C1CCCCC1)N1N=C(c2ccccc2)C[C@H]1c1ccccc1. The molecule has 2 aromatic rings. The van der Waals surface area contributed by atoms with Gasteiger partial charge in [-0.1, -0.05) is 79.9 Å². The van der Waals surface area contributed by atoms with Gasteiger partial charge in [-0.05, 0) is 24.0 Å². The first-order valence-electron chi connectivity index (χ1n) is 9.34. The van der Waals surface area contributed by atoms with Crippen molar-refractivity contribution in [2.45, 2.75) is 44.6 Å². The van der Waals surface area contributed by atoms with E-state index in [9.17, 15) is 4.79 Å². The van der Waals surface area contributed by atoms with Crippen LogP contribution in [0.2, 0.25) is 0 Å². The lowest BCUT2D eigenvalue weighted by molar-refractivity contribution is -0.138. The molecule has 3 heteroatoms. The number of nitrogens with zero attached hydrogens (tertiary/aromatic N) is 2. The second-order valence-corrected chi connectivity index (χ2v) is 7.06. The molecule has 0 spiro atoms. The quantitative estimate of drug-likeness (QED) is 0.783. The molecule has 0 unspecified atom stereocenters. The van der Waals surface area contributed by atoms with Crippen LogP contribution in [0.15, 0.2) is 65.8 Å². The Kier molecular flexibility index (Phi) is 4.64. The molecule has 25 heavy (non-hydrogen) atoms. The third-order valence-electron chi connectivity index (χ3n) is 5.38. The van der Waals surface area contributed by atoms with E-state index in [4.69, 9.17) is 5.10 Å². The Labute approximate surface area is 149 Å². The van der Waals surface area contributed by atoms with Crippen molar-refractivity contribution < 1.29 is 4.79 Å². The summed E-state index contributed by atoms with van der Waals surface area (Å²) in [5.41, 5.74) is 3.29. The fourth-order valence-corrected chi connectivity index (χ4v) is 3.99. The smallest absolute Gasteiger partial charge is 0.246 e. The van der Waals surface area contributed by atoms with E-state index in [1.165, 1.54) is 12.0 Å². The van der Waals surface area contributed by atoms with E-state index in [1.54, 1.807) is 5.01 Å². The van der Waals surface area contributed by atoms with E-state index in [0.29, 0.717) is 0 Å². The van der Waals surface area contributed by atoms with Crippen LogP contribution in [0.1, 0.15) is 55.7 Å². The highest BCUT2D eigenvalue weighted by molar-refractivity contribution is 6.03. The van der Waals surface area contributed by atoms with Crippen LogP contribution in [0.3, 0.4) is 0 Å². The molecule has 0 aromatic heterocycles. The molecule has 1 heterocycles. The normalized spacial score (nSPS) is 21.2. The molecule has 1 fully saturated rings. The second kappa shape index (κ2) is 7.22. The third-order valence-corrected chi connectivity index (χ3v) is 5.38. The number of carbonyl (C=O) groups excluding carboxylic acids is 1. The van der Waals surface area contributed by atoms with Gasteiger partial charge >= 0.3 is 0 Å². The zero-order chi connectivity index (χ0) is 17.1. The molecule has 0 N–H and O–H groups in total. The molecule has 1 atom stereocenters. The van der Waals surface area contributed by atoms with Gasteiger partial charge in [0.25, 0.3) is 0 Å². The fourth-order valence-electron chi connectivity index (χ4n) is 3.99. The number of benzene rings is 2. The number of amides is 1. The molecule has 3 nitrogen and oxygen atoms in total. The van der Waals surface area contributed by atoms with Crippen molar-refractivity contribution in [3.8, 4) is 0 Å². The van der Waals surface area contributed by atoms with Crippen molar-refractivity contribution in [3.05, 3.63) is 71.8 Å². The van der Waals surface area contributed by atoms with Gasteiger partial charge in [-0.25, -0.2) is 5.01 Å². The number of hydrogen-bond donors (Lipinski definition) is 0. The molecule has 0 saturated heterocycles. The minimum atomic E-state index is 0.0193. The molecule has 1 aliphatic carbocycles. The number of hydrazone groups is 1. The lowest BCUT2D eigenvalue weighted by atomic mass is 9.88. The Hall–Kier alpha value is -2.42. The highest BCUT2D eigenvalue weighted by Crippen LogP contribution is 2.36. The van der Waals surface area contributed by atoms with Crippen molar-refractivity contribution in [1.82, 2.24) is 5.01 Å². The first kappa shape index (κ1) is 16.1. The van der Waals surface area contributed by atoms with E-state index in [-0.39, 0.29) is 17.9 Å². The first-order chi connectivity index (χ1) is 12.3. The second-order valence-electron chi connectivity index (χ2n) is 7.06. The van der Waals surface area contributed by atoms with E-state index >= 15 is 0 Å². The molecular weight excluding hydrogens is 308 g/mol. The predicted octanol–water partition coefficient (Wildman–Crippen LogP) is 4.94.